The minimum absolute atomic E-state index is 0.0177. The molecule has 0 fully saturated rings. The van der Waals surface area contributed by atoms with Gasteiger partial charge in [-0.3, -0.25) is 10.1 Å². The Kier molecular flexibility index (Phi) is 7.37. The average molecular weight is 742 g/mol. The average Bonchev–Trinajstić information content (AvgIpc) is 3.13. The molecule has 2 bridgehead atoms. The smallest absolute Gasteiger partial charge is 0.338 e. The number of carbonyl (C=O) groups is 1. The normalized spacial score (nSPS) is 20.6. The molecule has 3 aliphatic heterocycles. The van der Waals surface area contributed by atoms with Crippen LogP contribution in [0.2, 0.25) is 0 Å². The van der Waals surface area contributed by atoms with Crippen molar-refractivity contribution in [1.29, 1.82) is 0 Å². The van der Waals surface area contributed by atoms with E-state index in [0.29, 0.717) is 5.56 Å². The minimum Gasteiger partial charge on any atom is -0.507 e. The number of nitro groups is 1. The number of esters is 1. The number of ether oxygens (including phenoxy) is 4. The number of phenolic OH excluding ortho intramolecular Hbond substituents is 9. The highest BCUT2D eigenvalue weighted by Gasteiger charge is 2.53. The Bertz CT molecular complexity index is 2400. The lowest BCUT2D eigenvalue weighted by molar-refractivity contribution is -0.385. The first kappa shape index (κ1) is 33.7. The van der Waals surface area contributed by atoms with Crippen molar-refractivity contribution in [3.63, 3.8) is 0 Å². The minimum atomic E-state index is -1.83. The molecule has 0 saturated heterocycles. The zero-order valence-electron chi connectivity index (χ0n) is 27.3. The molecule has 0 unspecified atom stereocenters. The van der Waals surface area contributed by atoms with Gasteiger partial charge in [-0.05, 0) is 42.5 Å². The molecule has 17 heteroatoms. The monoisotopic (exact) mass is 741 g/mol. The van der Waals surface area contributed by atoms with Gasteiger partial charge in [-0.15, -0.1) is 0 Å². The zero-order valence-corrected chi connectivity index (χ0v) is 27.3. The summed E-state index contributed by atoms with van der Waals surface area (Å²) in [6, 6.07) is 12.8. The van der Waals surface area contributed by atoms with Crippen LogP contribution in [-0.2, 0) is 16.9 Å². The van der Waals surface area contributed by atoms with Crippen molar-refractivity contribution in [1.82, 2.24) is 0 Å². The predicted octanol–water partition coefficient (Wildman–Crippen LogP) is 5.01. The van der Waals surface area contributed by atoms with Crippen molar-refractivity contribution in [2.45, 2.75) is 36.8 Å². The fourth-order valence-electron chi connectivity index (χ4n) is 7.14. The van der Waals surface area contributed by atoms with Crippen LogP contribution in [0.3, 0.4) is 0 Å². The summed E-state index contributed by atoms with van der Waals surface area (Å²) in [6.45, 7) is 0. The van der Waals surface area contributed by atoms with Gasteiger partial charge in [0.2, 0.25) is 0 Å². The largest absolute Gasteiger partial charge is 0.507 e. The number of hydrogen-bond donors (Lipinski definition) is 9. The molecule has 0 spiro atoms. The molecular weight excluding hydrogens is 714 g/mol. The summed E-state index contributed by atoms with van der Waals surface area (Å²) in [7, 11) is 0. The number of carbonyl (C=O) groups excluding carboxylic acids is 1. The van der Waals surface area contributed by atoms with Crippen LogP contribution in [0.25, 0.3) is 0 Å². The maximum atomic E-state index is 13.4. The SMILES string of the molecule is O=C(O[C@@H]1Cc2c(O)cc3c(c2O[C@@H]1c1ccc(O)c(O)c1)[C@H]1C[C@](c2cc(O)c(O)c(O)c2)(Oc2ccc([N+](=O)[O-])cc21)O3)c1cc(O)c(O)c(O)c1. The molecule has 4 atom stereocenters. The highest BCUT2D eigenvalue weighted by atomic mass is 16.7. The lowest BCUT2D eigenvalue weighted by Crippen LogP contribution is -2.47. The van der Waals surface area contributed by atoms with Gasteiger partial charge in [0, 0.05) is 64.8 Å². The number of benzene rings is 5. The molecule has 54 heavy (non-hydrogen) atoms. The zero-order chi connectivity index (χ0) is 38.4. The van der Waals surface area contributed by atoms with Gasteiger partial charge in [-0.2, -0.15) is 0 Å². The van der Waals surface area contributed by atoms with Gasteiger partial charge >= 0.3 is 5.97 Å². The molecular formula is C37H27NO16. The number of nitrogens with zero attached hydrogens (tertiary/aromatic N) is 1. The van der Waals surface area contributed by atoms with Crippen LogP contribution in [0.15, 0.2) is 66.7 Å². The van der Waals surface area contributed by atoms with Gasteiger partial charge < -0.3 is 64.9 Å². The van der Waals surface area contributed by atoms with E-state index in [-0.39, 0.29) is 63.6 Å². The number of hydrogen-bond acceptors (Lipinski definition) is 16. The maximum absolute atomic E-state index is 13.4. The standard InChI is InChI=1S/C37H27NO16/c39-21-3-1-14(5-23(21)41)34-30(51-36(48)15-6-24(42)32(46)25(43)7-15)11-19-22(40)12-29-31(35(19)52-34)20-13-37(54-29,16-8-26(44)33(47)27(45)9-16)53-28-4-2-17(38(49)50)10-18(20)28/h1-10,12,20,30,34,39-47H,11,13H2/t20-,30+,34+,37-/m0/s1. The van der Waals surface area contributed by atoms with E-state index in [1.165, 1.54) is 36.4 Å². The second-order valence-electron chi connectivity index (χ2n) is 13.0. The van der Waals surface area contributed by atoms with Crippen LogP contribution in [0, 0.1) is 10.1 Å². The van der Waals surface area contributed by atoms with Crippen LogP contribution in [-0.4, -0.2) is 63.0 Å². The van der Waals surface area contributed by atoms with E-state index in [0.717, 1.165) is 30.3 Å². The van der Waals surface area contributed by atoms with Crippen molar-refractivity contribution < 1.29 is 74.6 Å². The number of aromatic hydroxyl groups is 9. The van der Waals surface area contributed by atoms with E-state index < -0.39 is 86.6 Å². The van der Waals surface area contributed by atoms with Crippen LogP contribution < -0.4 is 14.2 Å². The number of non-ortho nitro benzene ring substituents is 1. The molecule has 0 amide bonds. The Morgan fingerprint density at radius 1 is 0.741 bits per heavy atom. The summed E-state index contributed by atoms with van der Waals surface area (Å²) < 4.78 is 25.1. The maximum Gasteiger partial charge on any atom is 0.338 e. The first-order valence-electron chi connectivity index (χ1n) is 16.1. The number of rotatable bonds is 5. The quantitative estimate of drug-likeness (QED) is 0.0495. The van der Waals surface area contributed by atoms with E-state index in [9.17, 15) is 60.9 Å². The molecule has 0 radical (unpaired) electrons. The molecule has 5 aromatic rings. The van der Waals surface area contributed by atoms with Crippen molar-refractivity contribution in [2.75, 3.05) is 0 Å². The van der Waals surface area contributed by atoms with Crippen LogP contribution in [0.1, 0.15) is 56.6 Å². The van der Waals surface area contributed by atoms with E-state index in [1.54, 1.807) is 0 Å². The Morgan fingerprint density at radius 2 is 1.39 bits per heavy atom. The first-order chi connectivity index (χ1) is 25.6. The molecule has 8 rings (SSSR count). The van der Waals surface area contributed by atoms with E-state index in [2.05, 4.69) is 0 Å². The van der Waals surface area contributed by atoms with Gasteiger partial charge in [0.15, 0.2) is 52.1 Å². The summed E-state index contributed by atoms with van der Waals surface area (Å²) in [5.41, 5.74) is 0.301. The van der Waals surface area contributed by atoms with Gasteiger partial charge in [-0.1, -0.05) is 6.07 Å². The van der Waals surface area contributed by atoms with Crippen molar-refractivity contribution in [3.8, 4) is 69.0 Å². The highest BCUT2D eigenvalue weighted by Crippen LogP contribution is 2.61. The summed E-state index contributed by atoms with van der Waals surface area (Å²) in [6.07, 6.45) is -2.96. The third-order valence-corrected chi connectivity index (χ3v) is 9.70. The third kappa shape index (κ3) is 5.20. The van der Waals surface area contributed by atoms with E-state index in [1.807, 2.05) is 0 Å². The Balaban J connectivity index is 1.30. The van der Waals surface area contributed by atoms with Gasteiger partial charge in [0.1, 0.15) is 29.1 Å². The lowest BCUT2D eigenvalue weighted by atomic mass is 9.76. The fourth-order valence-corrected chi connectivity index (χ4v) is 7.14. The summed E-state index contributed by atoms with van der Waals surface area (Å²) in [5, 5.41) is 104. The molecule has 0 aromatic heterocycles. The molecule has 0 aliphatic carbocycles. The summed E-state index contributed by atoms with van der Waals surface area (Å²) in [4.78, 5) is 24.7. The number of fused-ring (bicyclic) bond motifs is 8. The summed E-state index contributed by atoms with van der Waals surface area (Å²) in [5.74, 6) is -9.75. The van der Waals surface area contributed by atoms with Gasteiger partial charge in [0.25, 0.3) is 11.5 Å². The molecule has 276 valence electrons. The summed E-state index contributed by atoms with van der Waals surface area (Å²) >= 11 is 0. The molecule has 5 aromatic carbocycles. The number of nitro benzene ring substituents is 1. The topological polar surface area (TPSA) is 279 Å². The second-order valence-corrected chi connectivity index (χ2v) is 13.0. The Labute approximate surface area is 302 Å². The lowest BCUT2D eigenvalue weighted by Gasteiger charge is -2.47. The van der Waals surface area contributed by atoms with Crippen LogP contribution in [0.4, 0.5) is 5.69 Å². The first-order valence-corrected chi connectivity index (χ1v) is 16.1. The second kappa shape index (κ2) is 11.8. The van der Waals surface area contributed by atoms with E-state index >= 15 is 0 Å². The molecule has 9 N–H and O–H groups in total. The highest BCUT2D eigenvalue weighted by molar-refractivity contribution is 5.91. The molecule has 3 heterocycles. The molecule has 3 aliphatic rings. The van der Waals surface area contributed by atoms with Crippen LogP contribution >= 0.6 is 0 Å². The van der Waals surface area contributed by atoms with Crippen molar-refractivity contribution >= 4 is 11.7 Å². The Hall–Kier alpha value is -7.43. The van der Waals surface area contributed by atoms with Gasteiger partial charge in [0.05, 0.1) is 10.5 Å². The third-order valence-electron chi connectivity index (χ3n) is 9.70. The van der Waals surface area contributed by atoms with E-state index in [4.69, 9.17) is 18.9 Å². The van der Waals surface area contributed by atoms with Crippen molar-refractivity contribution in [3.05, 3.63) is 110 Å². The van der Waals surface area contributed by atoms with Gasteiger partial charge in [-0.25, -0.2) is 4.79 Å². The fraction of sp³-hybridized carbons (Fsp3) is 0.162. The predicted molar refractivity (Wildman–Crippen MR) is 180 cm³/mol. The molecule has 0 saturated carbocycles. The Morgan fingerprint density at radius 3 is 2.04 bits per heavy atom. The number of phenols is 9. The van der Waals surface area contributed by atoms with Crippen molar-refractivity contribution in [2.24, 2.45) is 0 Å². The molecule has 17 nitrogen and oxygen atoms in total. The van der Waals surface area contributed by atoms with Crippen LogP contribution in [0.5, 0.6) is 69.0 Å².